The van der Waals surface area contributed by atoms with Crippen LogP contribution in [0.4, 0.5) is 5.82 Å². The first-order valence-corrected chi connectivity index (χ1v) is 7.57. The largest absolute Gasteiger partial charge is 0.382 e. The number of nitrogens with zero attached hydrogens (tertiary/aromatic N) is 2. The molecule has 0 unspecified atom stereocenters. The number of hydrogen-bond acceptors (Lipinski definition) is 3. The van der Waals surface area contributed by atoms with Crippen molar-refractivity contribution in [2.45, 2.75) is 45.3 Å². The highest BCUT2D eigenvalue weighted by molar-refractivity contribution is 5.23. The molecule has 1 aromatic rings. The van der Waals surface area contributed by atoms with Gasteiger partial charge in [0.2, 0.25) is 0 Å². The lowest BCUT2D eigenvalue weighted by atomic mass is 9.50. The minimum Gasteiger partial charge on any atom is -0.382 e. The summed E-state index contributed by atoms with van der Waals surface area (Å²) >= 11 is 0. The second-order valence-electron chi connectivity index (χ2n) is 7.18. The number of nitrogens with two attached hydrogens (primary N) is 1. The Morgan fingerprint density at radius 3 is 2.37 bits per heavy atom. The van der Waals surface area contributed by atoms with Crippen molar-refractivity contribution >= 4 is 5.82 Å². The Balaban J connectivity index is 1.37. The van der Waals surface area contributed by atoms with E-state index in [0.29, 0.717) is 18.0 Å². The second-order valence-corrected chi connectivity index (χ2v) is 7.18. The topological polar surface area (TPSA) is 53.1 Å². The molecule has 104 valence electrons. The summed E-state index contributed by atoms with van der Waals surface area (Å²) in [4.78, 5) is 0. The van der Waals surface area contributed by atoms with Gasteiger partial charge in [-0.15, -0.1) is 0 Å². The zero-order valence-electron chi connectivity index (χ0n) is 11.4. The highest BCUT2D eigenvalue weighted by Gasteiger charge is 2.50. The molecule has 0 radical (unpaired) electrons. The fraction of sp³-hybridized carbons (Fsp3) is 0.800. The predicted octanol–water partition coefficient (Wildman–Crippen LogP) is 2.66. The molecule has 4 aliphatic carbocycles. The van der Waals surface area contributed by atoms with E-state index in [1.54, 1.807) is 4.68 Å². The zero-order valence-corrected chi connectivity index (χ0v) is 11.4. The van der Waals surface area contributed by atoms with Crippen LogP contribution in [0.2, 0.25) is 0 Å². The Hall–Kier alpha value is -1.03. The molecule has 4 fully saturated rings. The van der Waals surface area contributed by atoms with Crippen LogP contribution in [-0.2, 0) is 11.5 Å². The Labute approximate surface area is 114 Å². The lowest BCUT2D eigenvalue weighted by Gasteiger charge is -2.56. The van der Waals surface area contributed by atoms with Crippen LogP contribution in [0, 0.1) is 23.2 Å². The van der Waals surface area contributed by atoms with E-state index in [1.165, 1.54) is 38.5 Å². The molecule has 4 nitrogen and oxygen atoms in total. The number of nitrogen functional groups attached to an aromatic ring is 1. The third kappa shape index (κ3) is 2.16. The van der Waals surface area contributed by atoms with Gasteiger partial charge in [-0.2, -0.15) is 5.10 Å². The van der Waals surface area contributed by atoms with E-state index in [-0.39, 0.29) is 0 Å². The summed E-state index contributed by atoms with van der Waals surface area (Å²) in [5.41, 5.74) is 6.10. The van der Waals surface area contributed by atoms with E-state index in [9.17, 15) is 0 Å². The van der Waals surface area contributed by atoms with Crippen molar-refractivity contribution in [2.75, 3.05) is 12.3 Å². The predicted molar refractivity (Wildman–Crippen MR) is 73.2 cm³/mol. The minimum atomic E-state index is 0.493. The van der Waals surface area contributed by atoms with Gasteiger partial charge in [-0.05, 0) is 61.7 Å². The Kier molecular flexibility index (Phi) is 2.62. The summed E-state index contributed by atoms with van der Waals surface area (Å²) < 4.78 is 7.75. The van der Waals surface area contributed by atoms with Crippen molar-refractivity contribution in [3.05, 3.63) is 12.3 Å². The van der Waals surface area contributed by atoms with Crippen LogP contribution in [0.25, 0.3) is 0 Å². The van der Waals surface area contributed by atoms with Gasteiger partial charge < -0.3 is 10.5 Å². The first-order valence-electron chi connectivity index (χ1n) is 7.57. The monoisotopic (exact) mass is 261 g/mol. The van der Waals surface area contributed by atoms with Crippen LogP contribution in [0.15, 0.2) is 12.3 Å². The minimum absolute atomic E-state index is 0.493. The van der Waals surface area contributed by atoms with Gasteiger partial charge in [0.25, 0.3) is 0 Å². The molecular formula is C15H23N3O. The summed E-state index contributed by atoms with van der Waals surface area (Å²) in [5, 5.41) is 4.16. The normalized spacial score (nSPS) is 39.9. The molecule has 2 N–H and O–H groups in total. The Bertz CT molecular complexity index is 432. The number of aromatic nitrogens is 2. The first-order chi connectivity index (χ1) is 9.21. The maximum Gasteiger partial charge on any atom is 0.145 e. The molecule has 4 bridgehead atoms. The summed E-state index contributed by atoms with van der Waals surface area (Å²) in [6, 6.07) is 1.81. The molecule has 0 aliphatic heterocycles. The van der Waals surface area contributed by atoms with Gasteiger partial charge >= 0.3 is 0 Å². The molecule has 1 aromatic heterocycles. The number of hydrogen-bond donors (Lipinski definition) is 1. The van der Waals surface area contributed by atoms with Crippen LogP contribution >= 0.6 is 0 Å². The van der Waals surface area contributed by atoms with E-state index in [4.69, 9.17) is 10.5 Å². The molecular weight excluding hydrogens is 238 g/mol. The van der Waals surface area contributed by atoms with E-state index in [2.05, 4.69) is 5.10 Å². The van der Waals surface area contributed by atoms with Crippen LogP contribution in [0.1, 0.15) is 38.5 Å². The molecule has 0 saturated heterocycles. The molecule has 4 aliphatic rings. The van der Waals surface area contributed by atoms with E-state index >= 15 is 0 Å². The summed E-state index contributed by atoms with van der Waals surface area (Å²) in [7, 11) is 0. The fourth-order valence-corrected chi connectivity index (χ4v) is 5.27. The standard InChI is InChI=1S/C15H23N3O/c16-14-1-2-18(17-14)10-19-9-15-6-11-3-12(7-15)5-13(4-11)8-15/h1-2,11-13H,3-10H2,(H2,16,17). The molecule has 0 aromatic carbocycles. The fourth-order valence-electron chi connectivity index (χ4n) is 5.27. The summed E-state index contributed by atoms with van der Waals surface area (Å²) in [6.07, 6.45) is 10.6. The molecule has 4 heteroatoms. The quantitative estimate of drug-likeness (QED) is 0.906. The van der Waals surface area contributed by atoms with Gasteiger partial charge in [-0.3, -0.25) is 0 Å². The van der Waals surface area contributed by atoms with Crippen LogP contribution in [0.3, 0.4) is 0 Å². The van der Waals surface area contributed by atoms with Crippen molar-refractivity contribution < 1.29 is 4.74 Å². The first kappa shape index (κ1) is 11.8. The van der Waals surface area contributed by atoms with Crippen molar-refractivity contribution in [1.82, 2.24) is 9.78 Å². The van der Waals surface area contributed by atoms with Gasteiger partial charge in [-0.25, -0.2) is 4.68 Å². The third-order valence-corrected chi connectivity index (χ3v) is 5.46. The second kappa shape index (κ2) is 4.23. The summed E-state index contributed by atoms with van der Waals surface area (Å²) in [5.74, 6) is 3.55. The SMILES string of the molecule is Nc1ccn(COCC23CC4CC(CC(C4)C2)C3)n1. The number of anilines is 1. The van der Waals surface area contributed by atoms with Gasteiger partial charge in [0, 0.05) is 12.3 Å². The van der Waals surface area contributed by atoms with Gasteiger partial charge in [-0.1, -0.05) is 0 Å². The third-order valence-electron chi connectivity index (χ3n) is 5.46. The van der Waals surface area contributed by atoms with E-state index < -0.39 is 0 Å². The van der Waals surface area contributed by atoms with Gasteiger partial charge in [0.1, 0.15) is 12.5 Å². The van der Waals surface area contributed by atoms with E-state index in [0.717, 1.165) is 24.4 Å². The van der Waals surface area contributed by atoms with Gasteiger partial charge in [0.15, 0.2) is 0 Å². The molecule has 1 heterocycles. The highest BCUT2D eigenvalue weighted by Crippen LogP contribution is 2.60. The molecule has 0 atom stereocenters. The maximum absolute atomic E-state index is 5.96. The zero-order chi connectivity index (χ0) is 12.9. The smallest absolute Gasteiger partial charge is 0.145 e. The molecule has 4 saturated carbocycles. The van der Waals surface area contributed by atoms with Crippen molar-refractivity contribution in [3.8, 4) is 0 Å². The molecule has 0 amide bonds. The average Bonchev–Trinajstić information content (AvgIpc) is 2.73. The van der Waals surface area contributed by atoms with Crippen LogP contribution < -0.4 is 5.73 Å². The average molecular weight is 261 g/mol. The van der Waals surface area contributed by atoms with Crippen molar-refractivity contribution in [1.29, 1.82) is 0 Å². The maximum atomic E-state index is 5.96. The van der Waals surface area contributed by atoms with Crippen LogP contribution in [-0.4, -0.2) is 16.4 Å². The molecule has 19 heavy (non-hydrogen) atoms. The number of rotatable bonds is 4. The summed E-state index contributed by atoms with van der Waals surface area (Å²) in [6.45, 7) is 1.45. The number of ether oxygens (including phenoxy) is 1. The Morgan fingerprint density at radius 1 is 1.21 bits per heavy atom. The Morgan fingerprint density at radius 2 is 1.84 bits per heavy atom. The molecule has 0 spiro atoms. The lowest BCUT2D eigenvalue weighted by Crippen LogP contribution is -2.48. The van der Waals surface area contributed by atoms with E-state index in [1.807, 2.05) is 12.3 Å². The van der Waals surface area contributed by atoms with Gasteiger partial charge in [0.05, 0.1) is 6.61 Å². The van der Waals surface area contributed by atoms with Crippen molar-refractivity contribution in [3.63, 3.8) is 0 Å². The highest BCUT2D eigenvalue weighted by atomic mass is 16.5. The molecule has 5 rings (SSSR count). The van der Waals surface area contributed by atoms with Crippen LogP contribution in [0.5, 0.6) is 0 Å². The lowest BCUT2D eigenvalue weighted by molar-refractivity contribution is -0.108. The van der Waals surface area contributed by atoms with Crippen molar-refractivity contribution in [2.24, 2.45) is 23.2 Å².